The van der Waals surface area contributed by atoms with Gasteiger partial charge in [-0.3, -0.25) is 5.10 Å². The van der Waals surface area contributed by atoms with Crippen LogP contribution in [0.25, 0.3) is 0 Å². The van der Waals surface area contributed by atoms with Crippen molar-refractivity contribution in [3.05, 3.63) is 40.4 Å². The zero-order valence-electron chi connectivity index (χ0n) is 15.0. The number of fused-ring (bicyclic) bond motifs is 1. The summed E-state index contributed by atoms with van der Waals surface area (Å²) in [6.45, 7) is 1.99. The minimum atomic E-state index is -0.493. The van der Waals surface area contributed by atoms with Crippen LogP contribution in [0, 0.1) is 11.3 Å². The van der Waals surface area contributed by atoms with Crippen molar-refractivity contribution < 1.29 is 18.9 Å². The average molecular weight is 356 g/mol. The highest BCUT2D eigenvalue weighted by Gasteiger charge is 2.37. The van der Waals surface area contributed by atoms with E-state index < -0.39 is 5.92 Å². The van der Waals surface area contributed by atoms with Gasteiger partial charge in [0.05, 0.1) is 32.8 Å². The largest absolute Gasteiger partial charge is 0.493 e. The highest BCUT2D eigenvalue weighted by Crippen LogP contribution is 2.50. The molecule has 0 amide bonds. The molecule has 3 N–H and O–H groups in total. The van der Waals surface area contributed by atoms with Gasteiger partial charge in [0, 0.05) is 11.3 Å². The van der Waals surface area contributed by atoms with E-state index in [0.717, 1.165) is 11.3 Å². The van der Waals surface area contributed by atoms with Crippen molar-refractivity contribution in [3.8, 4) is 29.2 Å². The molecule has 0 saturated heterocycles. The highest BCUT2D eigenvalue weighted by atomic mass is 16.5. The van der Waals surface area contributed by atoms with Gasteiger partial charge in [0.2, 0.25) is 17.5 Å². The van der Waals surface area contributed by atoms with Crippen LogP contribution in [0.4, 0.5) is 0 Å². The summed E-state index contributed by atoms with van der Waals surface area (Å²) < 4.78 is 22.0. The zero-order chi connectivity index (χ0) is 18.8. The molecule has 0 radical (unpaired) electrons. The molecule has 2 heterocycles. The number of methoxy groups -OCH3 is 3. The lowest BCUT2D eigenvalue weighted by molar-refractivity contribution is 0.321. The molecule has 3 rings (SSSR count). The van der Waals surface area contributed by atoms with Crippen molar-refractivity contribution in [1.29, 1.82) is 5.26 Å². The number of rotatable bonds is 5. The fourth-order valence-electron chi connectivity index (χ4n) is 3.24. The molecule has 0 saturated carbocycles. The fraction of sp³-hybridized carbons (Fsp3) is 0.333. The molecule has 0 fully saturated rings. The van der Waals surface area contributed by atoms with Gasteiger partial charge in [-0.15, -0.1) is 5.10 Å². The van der Waals surface area contributed by atoms with Gasteiger partial charge in [0.15, 0.2) is 11.5 Å². The maximum atomic E-state index is 9.72. The minimum absolute atomic E-state index is 0.0241. The first-order chi connectivity index (χ1) is 12.6. The molecular weight excluding hydrogens is 336 g/mol. The first-order valence-electron chi connectivity index (χ1n) is 8.04. The van der Waals surface area contributed by atoms with E-state index >= 15 is 0 Å². The van der Waals surface area contributed by atoms with E-state index in [1.807, 2.05) is 13.0 Å². The Morgan fingerprint density at radius 1 is 1.23 bits per heavy atom. The molecule has 26 heavy (non-hydrogen) atoms. The molecule has 1 aliphatic rings. The maximum absolute atomic E-state index is 9.72. The number of benzene rings is 1. The van der Waals surface area contributed by atoms with Gasteiger partial charge in [-0.2, -0.15) is 5.26 Å². The van der Waals surface area contributed by atoms with E-state index in [-0.39, 0.29) is 5.88 Å². The number of nitrogens with zero attached hydrogens (tertiary/aromatic N) is 2. The zero-order valence-corrected chi connectivity index (χ0v) is 15.0. The van der Waals surface area contributed by atoms with Crippen LogP contribution in [0.3, 0.4) is 0 Å². The third-order valence-electron chi connectivity index (χ3n) is 4.42. The summed E-state index contributed by atoms with van der Waals surface area (Å²) in [7, 11) is 4.62. The molecule has 0 spiro atoms. The van der Waals surface area contributed by atoms with Crippen LogP contribution in [0.1, 0.15) is 29.7 Å². The maximum Gasteiger partial charge on any atom is 0.244 e. The Labute approximate surface area is 151 Å². The number of allylic oxidation sites excluding steroid dienone is 1. The van der Waals surface area contributed by atoms with Crippen LogP contribution in [-0.4, -0.2) is 31.5 Å². The molecule has 1 atom stereocenters. The van der Waals surface area contributed by atoms with E-state index in [0.29, 0.717) is 40.7 Å². The Balaban J connectivity index is 2.32. The number of aromatic amines is 1. The molecule has 1 aromatic heterocycles. The van der Waals surface area contributed by atoms with Gasteiger partial charge in [0.25, 0.3) is 0 Å². The van der Waals surface area contributed by atoms with Crippen molar-refractivity contribution in [3.63, 3.8) is 0 Å². The summed E-state index contributed by atoms with van der Waals surface area (Å²) in [5, 5.41) is 16.9. The Hall–Kier alpha value is -3.34. The summed E-state index contributed by atoms with van der Waals surface area (Å²) >= 11 is 0. The number of hydrogen-bond acceptors (Lipinski definition) is 7. The van der Waals surface area contributed by atoms with Crippen molar-refractivity contribution >= 4 is 0 Å². The number of nitrogens with one attached hydrogen (secondary N) is 1. The van der Waals surface area contributed by atoms with E-state index in [2.05, 4.69) is 16.3 Å². The molecule has 1 aliphatic heterocycles. The third-order valence-corrected chi connectivity index (χ3v) is 4.42. The predicted molar refractivity (Wildman–Crippen MR) is 93.4 cm³/mol. The van der Waals surface area contributed by atoms with Gasteiger partial charge in [0.1, 0.15) is 11.6 Å². The quantitative estimate of drug-likeness (QED) is 0.844. The molecule has 8 nitrogen and oxygen atoms in total. The molecule has 0 bridgehead atoms. The number of nitrogens with two attached hydrogens (primary N) is 1. The van der Waals surface area contributed by atoms with E-state index in [1.165, 1.54) is 14.2 Å². The van der Waals surface area contributed by atoms with E-state index in [4.69, 9.17) is 24.7 Å². The van der Waals surface area contributed by atoms with Crippen molar-refractivity contribution in [2.45, 2.75) is 19.3 Å². The second-order valence-corrected chi connectivity index (χ2v) is 5.62. The Bertz CT molecular complexity index is 911. The Morgan fingerprint density at radius 2 is 1.96 bits per heavy atom. The number of aryl methyl sites for hydroxylation is 1. The molecule has 0 unspecified atom stereocenters. The SMILES string of the molecule is CCc1[nH]nc2c1[C@H](c1ccc(OC)c(OC)c1OC)C(C#N)=C(N)O2. The average Bonchev–Trinajstić information content (AvgIpc) is 3.07. The number of aromatic nitrogens is 2. The van der Waals surface area contributed by atoms with Crippen molar-refractivity contribution in [2.24, 2.45) is 5.73 Å². The van der Waals surface area contributed by atoms with Crippen LogP contribution in [0.5, 0.6) is 23.1 Å². The summed E-state index contributed by atoms with van der Waals surface area (Å²) in [5.74, 6) is 1.33. The van der Waals surface area contributed by atoms with Crippen LogP contribution >= 0.6 is 0 Å². The van der Waals surface area contributed by atoms with Gasteiger partial charge in [-0.05, 0) is 12.5 Å². The van der Waals surface area contributed by atoms with Gasteiger partial charge >= 0.3 is 0 Å². The lowest BCUT2D eigenvalue weighted by atomic mass is 9.83. The van der Waals surface area contributed by atoms with Crippen LogP contribution in [0.15, 0.2) is 23.6 Å². The first kappa shape index (κ1) is 17.5. The summed E-state index contributed by atoms with van der Waals surface area (Å²) in [5.41, 5.74) is 8.62. The van der Waals surface area contributed by atoms with Crippen molar-refractivity contribution in [2.75, 3.05) is 21.3 Å². The normalized spacial score (nSPS) is 15.7. The van der Waals surface area contributed by atoms with Gasteiger partial charge in [-0.1, -0.05) is 13.0 Å². The molecule has 136 valence electrons. The number of nitriles is 1. The first-order valence-corrected chi connectivity index (χ1v) is 8.04. The van der Waals surface area contributed by atoms with Crippen molar-refractivity contribution in [1.82, 2.24) is 10.2 Å². The predicted octanol–water partition coefficient (Wildman–Crippen LogP) is 2.22. The molecule has 1 aromatic carbocycles. The van der Waals surface area contributed by atoms with E-state index in [1.54, 1.807) is 13.2 Å². The lowest BCUT2D eigenvalue weighted by Gasteiger charge is -2.26. The third kappa shape index (κ3) is 2.49. The summed E-state index contributed by atoms with van der Waals surface area (Å²) in [6, 6.07) is 5.76. The highest BCUT2D eigenvalue weighted by molar-refractivity contribution is 5.64. The number of ether oxygens (including phenoxy) is 4. The smallest absolute Gasteiger partial charge is 0.244 e. The van der Waals surface area contributed by atoms with Gasteiger partial charge < -0.3 is 24.7 Å². The summed E-state index contributed by atoms with van der Waals surface area (Å²) in [4.78, 5) is 0. The lowest BCUT2D eigenvalue weighted by Crippen LogP contribution is -2.21. The second-order valence-electron chi connectivity index (χ2n) is 5.62. The number of H-pyrrole nitrogens is 1. The van der Waals surface area contributed by atoms with Gasteiger partial charge in [-0.25, -0.2) is 0 Å². The molecular formula is C18H20N4O4. The molecule has 0 aliphatic carbocycles. The minimum Gasteiger partial charge on any atom is -0.493 e. The topological polar surface area (TPSA) is 115 Å². The second kappa shape index (κ2) is 6.88. The molecule has 8 heteroatoms. The monoisotopic (exact) mass is 356 g/mol. The van der Waals surface area contributed by atoms with E-state index in [9.17, 15) is 5.26 Å². The summed E-state index contributed by atoms with van der Waals surface area (Å²) in [6.07, 6.45) is 0.691. The Kier molecular flexibility index (Phi) is 4.63. The Morgan fingerprint density at radius 3 is 2.54 bits per heavy atom. The van der Waals surface area contributed by atoms with Crippen LogP contribution < -0.4 is 24.7 Å². The number of hydrogen-bond donors (Lipinski definition) is 2. The molecule has 2 aromatic rings. The standard InChI is InChI=1S/C18H20N4O4/c1-5-11-14-13(10(8-19)17(20)26-18(14)22-21-11)9-6-7-12(23-2)16(25-4)15(9)24-3/h6-7,13H,5,20H2,1-4H3,(H,21,22)/t13-/m1/s1. The van der Waals surface area contributed by atoms with Crippen LogP contribution in [0.2, 0.25) is 0 Å². The fourth-order valence-corrected chi connectivity index (χ4v) is 3.24. The van der Waals surface area contributed by atoms with Crippen LogP contribution in [-0.2, 0) is 6.42 Å².